The SMILES string of the molecule is CCc1ccc(NC(=O)c2cccc(C)c2F)cc1N. The lowest BCUT2D eigenvalue weighted by Crippen LogP contribution is -2.14. The predicted octanol–water partition coefficient (Wildman–Crippen LogP) is 3.53. The molecule has 0 aromatic heterocycles. The summed E-state index contributed by atoms with van der Waals surface area (Å²) in [4.78, 5) is 12.1. The van der Waals surface area contributed by atoms with Crippen molar-refractivity contribution in [2.75, 3.05) is 11.1 Å². The van der Waals surface area contributed by atoms with Crippen LogP contribution in [0, 0.1) is 12.7 Å². The molecule has 0 aliphatic heterocycles. The summed E-state index contributed by atoms with van der Waals surface area (Å²) in [7, 11) is 0. The minimum absolute atomic E-state index is 0.0307. The highest BCUT2D eigenvalue weighted by Gasteiger charge is 2.13. The van der Waals surface area contributed by atoms with Crippen molar-refractivity contribution in [3.8, 4) is 0 Å². The normalized spacial score (nSPS) is 10.3. The van der Waals surface area contributed by atoms with Crippen LogP contribution in [-0.2, 0) is 6.42 Å². The molecule has 0 saturated carbocycles. The van der Waals surface area contributed by atoms with Crippen molar-refractivity contribution in [1.29, 1.82) is 0 Å². The summed E-state index contributed by atoms with van der Waals surface area (Å²) < 4.78 is 13.9. The Morgan fingerprint density at radius 3 is 2.70 bits per heavy atom. The van der Waals surface area contributed by atoms with Crippen LogP contribution in [0.1, 0.15) is 28.4 Å². The summed E-state index contributed by atoms with van der Waals surface area (Å²) in [6, 6.07) is 10.0. The van der Waals surface area contributed by atoms with Crippen LogP contribution >= 0.6 is 0 Å². The van der Waals surface area contributed by atoms with E-state index < -0.39 is 11.7 Å². The Morgan fingerprint density at radius 1 is 1.30 bits per heavy atom. The molecule has 0 unspecified atom stereocenters. The van der Waals surface area contributed by atoms with Crippen molar-refractivity contribution in [2.45, 2.75) is 20.3 Å². The Kier molecular flexibility index (Phi) is 4.03. The van der Waals surface area contributed by atoms with Gasteiger partial charge in [-0.1, -0.05) is 25.1 Å². The number of carbonyl (C=O) groups excluding carboxylic acids is 1. The van der Waals surface area contributed by atoms with E-state index >= 15 is 0 Å². The molecule has 1 amide bonds. The molecular formula is C16H17FN2O. The molecule has 3 nitrogen and oxygen atoms in total. The number of amides is 1. The largest absolute Gasteiger partial charge is 0.398 e. The molecule has 0 bridgehead atoms. The third-order valence-electron chi connectivity index (χ3n) is 3.22. The van der Waals surface area contributed by atoms with Crippen LogP contribution in [0.15, 0.2) is 36.4 Å². The molecule has 2 rings (SSSR count). The summed E-state index contributed by atoms with van der Waals surface area (Å²) in [6.45, 7) is 3.63. The van der Waals surface area contributed by atoms with E-state index in [-0.39, 0.29) is 5.56 Å². The predicted molar refractivity (Wildman–Crippen MR) is 79.3 cm³/mol. The fraction of sp³-hybridized carbons (Fsp3) is 0.188. The van der Waals surface area contributed by atoms with E-state index in [4.69, 9.17) is 5.73 Å². The van der Waals surface area contributed by atoms with Gasteiger partial charge in [-0.2, -0.15) is 0 Å². The minimum atomic E-state index is -0.497. The zero-order valence-electron chi connectivity index (χ0n) is 11.5. The molecule has 2 aromatic rings. The maximum atomic E-state index is 13.9. The van der Waals surface area contributed by atoms with Crippen molar-refractivity contribution >= 4 is 17.3 Å². The van der Waals surface area contributed by atoms with Crippen molar-refractivity contribution in [2.24, 2.45) is 0 Å². The number of benzene rings is 2. The van der Waals surface area contributed by atoms with Gasteiger partial charge in [-0.25, -0.2) is 4.39 Å². The van der Waals surface area contributed by atoms with Gasteiger partial charge in [0.15, 0.2) is 0 Å². The van der Waals surface area contributed by atoms with E-state index in [1.54, 1.807) is 31.2 Å². The Morgan fingerprint density at radius 2 is 2.05 bits per heavy atom. The molecule has 0 fully saturated rings. The maximum Gasteiger partial charge on any atom is 0.258 e. The number of hydrogen-bond donors (Lipinski definition) is 2. The second kappa shape index (κ2) is 5.74. The second-order valence-electron chi connectivity index (χ2n) is 4.66. The van der Waals surface area contributed by atoms with Gasteiger partial charge in [-0.15, -0.1) is 0 Å². The number of rotatable bonds is 3. The first kappa shape index (κ1) is 14.1. The number of nitrogen functional groups attached to an aromatic ring is 1. The molecule has 4 heteroatoms. The van der Waals surface area contributed by atoms with Crippen LogP contribution in [0.3, 0.4) is 0 Å². The molecule has 2 aromatic carbocycles. The topological polar surface area (TPSA) is 55.1 Å². The summed E-state index contributed by atoms with van der Waals surface area (Å²) in [6.07, 6.45) is 0.826. The molecule has 3 N–H and O–H groups in total. The molecular weight excluding hydrogens is 255 g/mol. The monoisotopic (exact) mass is 272 g/mol. The summed E-state index contributed by atoms with van der Waals surface area (Å²) in [5.41, 5.74) is 8.55. The smallest absolute Gasteiger partial charge is 0.258 e. The van der Waals surface area contributed by atoms with E-state index in [1.165, 1.54) is 6.07 Å². The minimum Gasteiger partial charge on any atom is -0.398 e. The van der Waals surface area contributed by atoms with Gasteiger partial charge in [0.2, 0.25) is 0 Å². The van der Waals surface area contributed by atoms with Crippen molar-refractivity contribution in [1.82, 2.24) is 0 Å². The molecule has 0 spiro atoms. The van der Waals surface area contributed by atoms with Gasteiger partial charge in [-0.05, 0) is 42.7 Å². The molecule has 20 heavy (non-hydrogen) atoms. The number of nitrogens with one attached hydrogen (secondary N) is 1. The van der Waals surface area contributed by atoms with Crippen molar-refractivity contribution < 1.29 is 9.18 Å². The number of anilines is 2. The third kappa shape index (κ3) is 2.79. The van der Waals surface area contributed by atoms with E-state index in [0.717, 1.165) is 12.0 Å². The van der Waals surface area contributed by atoms with Gasteiger partial charge >= 0.3 is 0 Å². The van der Waals surface area contributed by atoms with E-state index in [9.17, 15) is 9.18 Å². The van der Waals surface area contributed by atoms with Gasteiger partial charge < -0.3 is 11.1 Å². The average molecular weight is 272 g/mol. The molecule has 0 aliphatic carbocycles. The third-order valence-corrected chi connectivity index (χ3v) is 3.22. The summed E-state index contributed by atoms with van der Waals surface area (Å²) in [5, 5.41) is 2.66. The van der Waals surface area contributed by atoms with Crippen LogP contribution < -0.4 is 11.1 Å². The van der Waals surface area contributed by atoms with Gasteiger partial charge in [0.25, 0.3) is 5.91 Å². The van der Waals surface area contributed by atoms with Crippen LogP contribution in [0.5, 0.6) is 0 Å². The highest BCUT2D eigenvalue weighted by molar-refractivity contribution is 6.04. The molecule has 0 atom stereocenters. The molecule has 0 heterocycles. The van der Waals surface area contributed by atoms with Crippen molar-refractivity contribution in [3.05, 3.63) is 58.9 Å². The van der Waals surface area contributed by atoms with Crippen LogP contribution in [0.25, 0.3) is 0 Å². The highest BCUT2D eigenvalue weighted by atomic mass is 19.1. The van der Waals surface area contributed by atoms with Gasteiger partial charge in [0.1, 0.15) is 5.82 Å². The summed E-state index contributed by atoms with van der Waals surface area (Å²) >= 11 is 0. The quantitative estimate of drug-likeness (QED) is 0.840. The zero-order valence-corrected chi connectivity index (χ0v) is 11.5. The van der Waals surface area contributed by atoms with E-state index in [2.05, 4.69) is 5.32 Å². The Balaban J connectivity index is 2.24. The lowest BCUT2D eigenvalue weighted by Gasteiger charge is -2.09. The fourth-order valence-electron chi connectivity index (χ4n) is 2.02. The standard InChI is InChI=1S/C16H17FN2O/c1-3-11-7-8-12(9-14(11)18)19-16(20)13-6-4-5-10(2)15(13)17/h4-9H,3,18H2,1-2H3,(H,19,20). The first-order valence-corrected chi connectivity index (χ1v) is 6.47. The number of aryl methyl sites for hydroxylation is 2. The first-order chi connectivity index (χ1) is 9.52. The van der Waals surface area contributed by atoms with Crippen LogP contribution in [-0.4, -0.2) is 5.91 Å². The first-order valence-electron chi connectivity index (χ1n) is 6.47. The fourth-order valence-corrected chi connectivity index (χ4v) is 2.02. The van der Waals surface area contributed by atoms with Crippen molar-refractivity contribution in [3.63, 3.8) is 0 Å². The van der Waals surface area contributed by atoms with Crippen LogP contribution in [0.2, 0.25) is 0 Å². The molecule has 0 aliphatic rings. The molecule has 0 radical (unpaired) electrons. The average Bonchev–Trinajstić information content (AvgIpc) is 2.42. The molecule has 0 saturated heterocycles. The van der Waals surface area contributed by atoms with Gasteiger partial charge in [0, 0.05) is 11.4 Å². The second-order valence-corrected chi connectivity index (χ2v) is 4.66. The zero-order chi connectivity index (χ0) is 14.7. The summed E-state index contributed by atoms with van der Waals surface area (Å²) in [5.74, 6) is -0.974. The lowest BCUT2D eigenvalue weighted by atomic mass is 10.1. The van der Waals surface area contributed by atoms with E-state index in [1.807, 2.05) is 13.0 Å². The maximum absolute atomic E-state index is 13.9. The Hall–Kier alpha value is -2.36. The Labute approximate surface area is 117 Å². The number of halogens is 1. The molecule has 104 valence electrons. The van der Waals surface area contributed by atoms with Gasteiger partial charge in [-0.3, -0.25) is 4.79 Å². The highest BCUT2D eigenvalue weighted by Crippen LogP contribution is 2.20. The number of carbonyl (C=O) groups is 1. The number of nitrogens with two attached hydrogens (primary N) is 1. The van der Waals surface area contributed by atoms with E-state index in [0.29, 0.717) is 16.9 Å². The number of hydrogen-bond acceptors (Lipinski definition) is 2. The van der Waals surface area contributed by atoms with Gasteiger partial charge in [0.05, 0.1) is 5.56 Å². The Bertz CT molecular complexity index is 653. The van der Waals surface area contributed by atoms with Crippen LogP contribution in [0.4, 0.5) is 15.8 Å². The lowest BCUT2D eigenvalue weighted by molar-refractivity contribution is 0.102.